The Labute approximate surface area is 449 Å². The van der Waals surface area contributed by atoms with Gasteiger partial charge in [-0.15, -0.1) is 0 Å². The second-order valence-corrected chi connectivity index (χ2v) is 22.4. The van der Waals surface area contributed by atoms with E-state index in [1.54, 1.807) is 84.8 Å². The van der Waals surface area contributed by atoms with Crippen LogP contribution in [0.5, 0.6) is 0 Å². The van der Waals surface area contributed by atoms with Gasteiger partial charge in [-0.2, -0.15) is 0 Å². The number of ketones is 2. The fourth-order valence-electron chi connectivity index (χ4n) is 10.0. The van der Waals surface area contributed by atoms with Gasteiger partial charge >= 0.3 is 19.2 Å². The lowest BCUT2D eigenvalue weighted by atomic mass is 9.87. The number of aromatic nitrogens is 6. The molecule has 0 radical (unpaired) electrons. The van der Waals surface area contributed by atoms with Crippen molar-refractivity contribution in [2.45, 2.75) is 116 Å². The van der Waals surface area contributed by atoms with Crippen molar-refractivity contribution in [3.05, 3.63) is 101 Å². The average Bonchev–Trinajstić information content (AvgIpc) is 4.12. The van der Waals surface area contributed by atoms with Gasteiger partial charge in [0, 0.05) is 75.3 Å². The molecule has 4 amide bonds. The summed E-state index contributed by atoms with van der Waals surface area (Å²) in [7, 11) is -0.448. The molecule has 2 saturated carbocycles. The third kappa shape index (κ3) is 10.8. The monoisotopic (exact) mass is 1090 g/mol. The van der Waals surface area contributed by atoms with Crippen molar-refractivity contribution in [2.75, 3.05) is 56.4 Å². The Morgan fingerprint density at radius 1 is 0.645 bits per heavy atom. The van der Waals surface area contributed by atoms with Crippen LogP contribution in [0, 0.1) is 25.7 Å². The summed E-state index contributed by atoms with van der Waals surface area (Å²) in [6, 6.07) is 14.0. The Kier molecular flexibility index (Phi) is 13.8. The SMILES string of the molecule is Cc1ncc(-c2ccnc(NC(=O)N3c4nc(C(=O)CC5CC5)ccc4N4CC[C@H]3C4)c2)o1.Cc1ncc(B2OC(C)(C)C(C)(C)O2)o1.O=C(CC1CC1)c1ccc2c(n1)N(C(=O)Nc1cc(Br)ccn1)[C@H]1CCN2C1. The predicted octanol–water partition coefficient (Wildman–Crippen LogP) is 9.19. The zero-order chi connectivity index (χ0) is 53.0. The fourth-order valence-corrected chi connectivity index (χ4v) is 10.4. The third-order valence-corrected chi connectivity index (χ3v) is 15.7. The number of nitrogens with one attached hydrogen (secondary N) is 2. The van der Waals surface area contributed by atoms with Crippen molar-refractivity contribution >= 4 is 87.0 Å². The summed E-state index contributed by atoms with van der Waals surface area (Å²) in [6.45, 7) is 14.9. The van der Waals surface area contributed by atoms with Gasteiger partial charge in [-0.1, -0.05) is 15.9 Å². The fraction of sp³-hybridized carbons (Fsp3) is 0.444. The van der Waals surface area contributed by atoms with Gasteiger partial charge < -0.3 is 27.9 Å². The van der Waals surface area contributed by atoms with Crippen LogP contribution in [0.2, 0.25) is 0 Å². The number of rotatable bonds is 10. The molecule has 4 bridgehead atoms. The van der Waals surface area contributed by atoms with Gasteiger partial charge in [-0.05, 0) is 127 Å². The van der Waals surface area contributed by atoms with Crippen LogP contribution in [-0.2, 0) is 9.31 Å². The van der Waals surface area contributed by atoms with E-state index in [1.807, 2.05) is 39.8 Å². The zero-order valence-electron chi connectivity index (χ0n) is 43.4. The molecule has 0 aromatic carbocycles. The standard InChI is InChI=1S/C24H24N6O3.C20H20BrN5O2.C10H16BNO3/c1-14-26-12-21(33-14)16-6-8-25-22(11-16)28-24(32)30-17-7-9-29(13-17)19-5-4-18(27-23(19)30)20(31)10-15-2-3-15;21-13-5-7-22-18(10-13)24-20(28)26-14-6-8-25(11-14)16-4-3-15(23-19(16)26)17(27)9-12-1-2-12;1-7-12-6-8(13-7)11-14-9(2,3)10(4,5)15-11/h4-6,8,11-12,15,17H,2-3,7,9-10,13H2,1H3,(H,25,28,32);3-5,7,10,12,14H,1-2,6,8-9,11H2,(H,22,24,28);6H,1-5H3/t17-;14-;/m00./s1. The number of urea groups is 2. The first kappa shape index (κ1) is 51.1. The molecular formula is C54H60BBrN12O8. The number of pyridine rings is 4. The molecule has 20 nitrogen and oxygen atoms in total. The molecular weight excluding hydrogens is 1040 g/mol. The minimum absolute atomic E-state index is 0.00103. The molecule has 6 aromatic heterocycles. The summed E-state index contributed by atoms with van der Waals surface area (Å²) in [5.41, 5.74) is 3.42. The summed E-state index contributed by atoms with van der Waals surface area (Å²) in [6.07, 6.45) is 13.8. The predicted molar refractivity (Wildman–Crippen MR) is 289 cm³/mol. The molecule has 3 saturated heterocycles. The van der Waals surface area contributed by atoms with Crippen LogP contribution in [0.3, 0.4) is 0 Å². The molecule has 22 heteroatoms. The molecule has 6 aromatic rings. The van der Waals surface area contributed by atoms with Crippen LogP contribution in [0.4, 0.5) is 44.2 Å². The first-order valence-electron chi connectivity index (χ1n) is 26.0. The first-order valence-corrected chi connectivity index (χ1v) is 26.8. The smallest absolute Gasteiger partial charge is 0.450 e. The van der Waals surface area contributed by atoms with Gasteiger partial charge in [0.15, 0.2) is 46.4 Å². The number of hydrogen-bond donors (Lipinski definition) is 2. The van der Waals surface area contributed by atoms with E-state index >= 15 is 0 Å². The highest BCUT2D eigenvalue weighted by molar-refractivity contribution is 9.10. The number of nitrogens with zero attached hydrogens (tertiary/aromatic N) is 10. The lowest BCUT2D eigenvalue weighted by Crippen LogP contribution is -2.48. The van der Waals surface area contributed by atoms with Crippen LogP contribution in [0.25, 0.3) is 11.3 Å². The Hall–Kier alpha value is -7.04. The molecule has 13 rings (SSSR count). The third-order valence-electron chi connectivity index (χ3n) is 15.2. The van der Waals surface area contributed by atoms with Crippen molar-refractivity contribution in [3.63, 3.8) is 0 Å². The Morgan fingerprint density at radius 2 is 1.14 bits per heavy atom. The number of amides is 4. The summed E-state index contributed by atoms with van der Waals surface area (Å²) in [5.74, 6) is 4.91. The van der Waals surface area contributed by atoms with Crippen molar-refractivity contribution in [1.29, 1.82) is 0 Å². The van der Waals surface area contributed by atoms with E-state index in [0.29, 0.717) is 82.5 Å². The molecule has 76 heavy (non-hydrogen) atoms. The van der Waals surface area contributed by atoms with E-state index in [0.717, 1.165) is 86.1 Å². The molecule has 7 aliphatic rings. The van der Waals surface area contributed by atoms with Crippen molar-refractivity contribution in [1.82, 2.24) is 29.9 Å². The van der Waals surface area contributed by atoms with Gasteiger partial charge in [-0.3, -0.25) is 30.0 Å². The number of carbonyl (C=O) groups excluding carboxylic acids is 4. The largest absolute Gasteiger partial charge is 0.534 e. The van der Waals surface area contributed by atoms with Crippen LogP contribution >= 0.6 is 15.9 Å². The number of oxazole rings is 2. The zero-order valence-corrected chi connectivity index (χ0v) is 45.0. The number of anilines is 6. The minimum atomic E-state index is -0.448. The van der Waals surface area contributed by atoms with Crippen molar-refractivity contribution in [2.24, 2.45) is 11.8 Å². The summed E-state index contributed by atoms with van der Waals surface area (Å²) in [4.78, 5) is 85.6. The molecule has 5 fully saturated rings. The van der Waals surface area contributed by atoms with E-state index in [4.69, 9.17) is 18.1 Å². The molecule has 2 N–H and O–H groups in total. The Bertz CT molecular complexity index is 3200. The van der Waals surface area contributed by atoms with E-state index in [2.05, 4.69) is 66.3 Å². The highest BCUT2D eigenvalue weighted by atomic mass is 79.9. The highest BCUT2D eigenvalue weighted by Crippen LogP contribution is 2.42. The lowest BCUT2D eigenvalue weighted by Gasteiger charge is -2.35. The first-order chi connectivity index (χ1) is 36.4. The Balaban J connectivity index is 0.000000130. The van der Waals surface area contributed by atoms with E-state index in [9.17, 15) is 19.2 Å². The molecule has 5 aliphatic heterocycles. The van der Waals surface area contributed by atoms with Crippen LogP contribution < -0.4 is 35.9 Å². The number of aryl methyl sites for hydroxylation is 2. The van der Waals surface area contributed by atoms with E-state index < -0.39 is 7.12 Å². The quantitative estimate of drug-likeness (QED) is 0.0962. The number of hydrogen-bond acceptors (Lipinski definition) is 16. The molecule has 394 valence electrons. The molecule has 0 spiro atoms. The highest BCUT2D eigenvalue weighted by Gasteiger charge is 2.53. The van der Waals surface area contributed by atoms with E-state index in [-0.39, 0.29) is 46.9 Å². The minimum Gasteiger partial charge on any atom is -0.450 e. The van der Waals surface area contributed by atoms with Gasteiger partial charge in [0.25, 0.3) is 0 Å². The average molecular weight is 1100 g/mol. The maximum atomic E-state index is 13.4. The second kappa shape index (κ2) is 20.5. The summed E-state index contributed by atoms with van der Waals surface area (Å²) in [5, 5.41) is 5.78. The number of halogens is 1. The van der Waals surface area contributed by atoms with E-state index in [1.165, 1.54) is 0 Å². The van der Waals surface area contributed by atoms with Crippen LogP contribution in [0.15, 0.2) is 86.6 Å². The lowest BCUT2D eigenvalue weighted by molar-refractivity contribution is 0.00578. The van der Waals surface area contributed by atoms with Gasteiger partial charge in [0.2, 0.25) is 0 Å². The Morgan fingerprint density at radius 3 is 1.62 bits per heavy atom. The van der Waals surface area contributed by atoms with Gasteiger partial charge in [0.1, 0.15) is 23.0 Å². The molecule has 0 unspecified atom stereocenters. The number of fused-ring (bicyclic) bond motifs is 8. The summed E-state index contributed by atoms with van der Waals surface area (Å²) >= 11 is 3.39. The van der Waals surface area contributed by atoms with Gasteiger partial charge in [0.05, 0.1) is 47.1 Å². The number of carbonyl (C=O) groups is 4. The van der Waals surface area contributed by atoms with Crippen LogP contribution in [-0.4, -0.2) is 110 Å². The van der Waals surface area contributed by atoms with Crippen molar-refractivity contribution in [3.8, 4) is 11.3 Å². The maximum absolute atomic E-state index is 13.4. The molecule has 11 heterocycles. The van der Waals surface area contributed by atoms with Crippen molar-refractivity contribution < 1.29 is 37.3 Å². The summed E-state index contributed by atoms with van der Waals surface area (Å²) < 4.78 is 23.4. The second-order valence-electron chi connectivity index (χ2n) is 21.5. The van der Waals surface area contributed by atoms with Crippen LogP contribution in [0.1, 0.15) is 112 Å². The maximum Gasteiger partial charge on any atom is 0.534 e. The number of Topliss-reactive ketones (excluding diaryl/α,β-unsaturated/α-hetero) is 2. The topological polar surface area (TPSA) is 227 Å². The normalized spacial score (nSPS) is 20.2. The molecule has 2 aliphatic carbocycles. The molecule has 2 atom stereocenters. The van der Waals surface area contributed by atoms with Gasteiger partial charge in [-0.25, -0.2) is 39.5 Å².